The summed E-state index contributed by atoms with van der Waals surface area (Å²) >= 11 is 1.21. The molecule has 5 rings (SSSR count). The number of carbonyl (C=O) groups excluding carboxylic acids is 2. The molecule has 1 N–H and O–H groups in total. The number of likely N-dealkylation sites (tertiary alicyclic amines) is 1. The number of rotatable bonds is 4. The largest absolute Gasteiger partial charge is 0.360 e. The molecule has 1 atom stereocenters. The van der Waals surface area contributed by atoms with Gasteiger partial charge in [-0.3, -0.25) is 14.6 Å². The van der Waals surface area contributed by atoms with Gasteiger partial charge in [0.05, 0.1) is 11.6 Å². The molecule has 1 fully saturated rings. The Morgan fingerprint density at radius 3 is 2.93 bits per heavy atom. The number of amides is 1. The fraction of sp³-hybridized carbons (Fsp3) is 0.182. The van der Waals surface area contributed by atoms with Crippen molar-refractivity contribution in [1.82, 2.24) is 19.9 Å². The Morgan fingerprint density at radius 2 is 2.07 bits per heavy atom. The predicted octanol–water partition coefficient (Wildman–Crippen LogP) is 4.23. The van der Waals surface area contributed by atoms with Gasteiger partial charge in [0.2, 0.25) is 5.78 Å². The second-order valence-corrected chi connectivity index (χ2v) is 7.92. The summed E-state index contributed by atoms with van der Waals surface area (Å²) in [6.45, 7) is 0.682. The van der Waals surface area contributed by atoms with Crippen molar-refractivity contribution in [2.75, 3.05) is 6.54 Å². The molecule has 4 heterocycles. The van der Waals surface area contributed by atoms with Gasteiger partial charge >= 0.3 is 0 Å². The molecule has 0 radical (unpaired) electrons. The minimum atomic E-state index is -0.170. The van der Waals surface area contributed by atoms with Crippen LogP contribution >= 0.6 is 11.3 Å². The van der Waals surface area contributed by atoms with Gasteiger partial charge in [0, 0.05) is 41.4 Å². The van der Waals surface area contributed by atoms with E-state index in [-0.39, 0.29) is 17.7 Å². The SMILES string of the molecule is O=C(c1nc(C(=O)N2CCC[C@H]2c2cccnc2)cs1)c1c[nH]c2ccccc12. The molecule has 29 heavy (non-hydrogen) atoms. The lowest BCUT2D eigenvalue weighted by Gasteiger charge is -2.24. The van der Waals surface area contributed by atoms with Crippen molar-refractivity contribution in [2.24, 2.45) is 0 Å². The average Bonchev–Trinajstić information content (AvgIpc) is 3.52. The van der Waals surface area contributed by atoms with Crippen LogP contribution in [0.15, 0.2) is 60.4 Å². The van der Waals surface area contributed by atoms with E-state index in [1.54, 1.807) is 17.8 Å². The Labute approximate surface area is 171 Å². The molecule has 0 spiro atoms. The summed E-state index contributed by atoms with van der Waals surface area (Å²) in [6.07, 6.45) is 7.09. The van der Waals surface area contributed by atoms with E-state index >= 15 is 0 Å². The fourth-order valence-corrected chi connectivity index (χ4v) is 4.67. The first-order valence-electron chi connectivity index (χ1n) is 9.49. The van der Waals surface area contributed by atoms with Gasteiger partial charge in [0.1, 0.15) is 5.69 Å². The molecule has 6 nitrogen and oxygen atoms in total. The van der Waals surface area contributed by atoms with E-state index in [0.29, 0.717) is 22.8 Å². The summed E-state index contributed by atoms with van der Waals surface area (Å²) in [4.78, 5) is 39.6. The van der Waals surface area contributed by atoms with Gasteiger partial charge in [0.15, 0.2) is 5.01 Å². The molecule has 0 saturated carbocycles. The highest BCUT2D eigenvalue weighted by Crippen LogP contribution is 2.33. The number of H-pyrrole nitrogens is 1. The number of para-hydroxylation sites is 1. The van der Waals surface area contributed by atoms with Crippen LogP contribution in [0.5, 0.6) is 0 Å². The molecule has 7 heteroatoms. The summed E-state index contributed by atoms with van der Waals surface area (Å²) in [5.41, 5.74) is 2.83. The number of nitrogens with zero attached hydrogens (tertiary/aromatic N) is 3. The maximum absolute atomic E-state index is 13.1. The van der Waals surface area contributed by atoms with Gasteiger partial charge in [0.25, 0.3) is 5.91 Å². The van der Waals surface area contributed by atoms with E-state index in [0.717, 1.165) is 29.3 Å². The van der Waals surface area contributed by atoms with Gasteiger partial charge in [-0.1, -0.05) is 24.3 Å². The lowest BCUT2D eigenvalue weighted by atomic mass is 10.1. The molecule has 1 aliphatic rings. The van der Waals surface area contributed by atoms with Gasteiger partial charge < -0.3 is 9.88 Å². The fourth-order valence-electron chi connectivity index (χ4n) is 3.93. The lowest BCUT2D eigenvalue weighted by molar-refractivity contribution is 0.0730. The number of benzene rings is 1. The third-order valence-electron chi connectivity index (χ3n) is 5.33. The van der Waals surface area contributed by atoms with Crippen LogP contribution in [0.4, 0.5) is 0 Å². The van der Waals surface area contributed by atoms with Crippen molar-refractivity contribution in [3.8, 4) is 0 Å². The van der Waals surface area contributed by atoms with Crippen molar-refractivity contribution >= 4 is 33.9 Å². The molecule has 0 unspecified atom stereocenters. The molecule has 1 amide bonds. The molecule has 1 aromatic carbocycles. The zero-order valence-electron chi connectivity index (χ0n) is 15.5. The second kappa shape index (κ2) is 7.25. The van der Waals surface area contributed by atoms with E-state index in [1.165, 1.54) is 11.3 Å². The van der Waals surface area contributed by atoms with Crippen molar-refractivity contribution in [3.63, 3.8) is 0 Å². The maximum Gasteiger partial charge on any atom is 0.273 e. The number of nitrogens with one attached hydrogen (secondary N) is 1. The number of thiazole rings is 1. The minimum Gasteiger partial charge on any atom is -0.360 e. The second-order valence-electron chi connectivity index (χ2n) is 7.06. The molecular formula is C22H18N4O2S. The zero-order valence-corrected chi connectivity index (χ0v) is 16.4. The number of hydrogen-bond acceptors (Lipinski definition) is 5. The standard InChI is InChI=1S/C22H18N4O2S/c27-20(16-12-24-17-7-2-1-6-15(16)17)21-25-18(13-29-21)22(28)26-10-4-8-19(26)14-5-3-9-23-11-14/h1-3,5-7,9,11-13,19,24H,4,8,10H2/t19-/m0/s1. The number of carbonyl (C=O) groups is 2. The molecule has 0 aliphatic carbocycles. The van der Waals surface area contributed by atoms with Crippen LogP contribution in [0, 0.1) is 0 Å². The number of aromatic nitrogens is 3. The first-order valence-corrected chi connectivity index (χ1v) is 10.4. The lowest BCUT2D eigenvalue weighted by Crippen LogP contribution is -2.30. The van der Waals surface area contributed by atoms with E-state index in [2.05, 4.69) is 15.0 Å². The Balaban J connectivity index is 1.41. The number of hydrogen-bond donors (Lipinski definition) is 1. The van der Waals surface area contributed by atoms with Crippen LogP contribution < -0.4 is 0 Å². The van der Waals surface area contributed by atoms with Crippen LogP contribution in [0.3, 0.4) is 0 Å². The van der Waals surface area contributed by atoms with Gasteiger partial charge in [-0.25, -0.2) is 4.98 Å². The summed E-state index contributed by atoms with van der Waals surface area (Å²) in [7, 11) is 0. The Kier molecular flexibility index (Phi) is 4.44. The predicted molar refractivity (Wildman–Crippen MR) is 111 cm³/mol. The number of ketones is 1. The highest BCUT2D eigenvalue weighted by molar-refractivity contribution is 7.12. The van der Waals surface area contributed by atoms with Crippen LogP contribution in [0.2, 0.25) is 0 Å². The summed E-state index contributed by atoms with van der Waals surface area (Å²) in [5, 5.41) is 2.87. The Hall–Kier alpha value is -3.32. The smallest absolute Gasteiger partial charge is 0.273 e. The molecule has 3 aromatic heterocycles. The number of pyridine rings is 1. The van der Waals surface area contributed by atoms with E-state index in [1.807, 2.05) is 47.5 Å². The van der Waals surface area contributed by atoms with Crippen LogP contribution in [0.1, 0.15) is 50.3 Å². The number of fused-ring (bicyclic) bond motifs is 1. The quantitative estimate of drug-likeness (QED) is 0.518. The van der Waals surface area contributed by atoms with Gasteiger partial charge in [-0.2, -0.15) is 0 Å². The highest BCUT2D eigenvalue weighted by atomic mass is 32.1. The monoisotopic (exact) mass is 402 g/mol. The van der Waals surface area contributed by atoms with E-state index in [9.17, 15) is 9.59 Å². The van der Waals surface area contributed by atoms with E-state index < -0.39 is 0 Å². The van der Waals surface area contributed by atoms with E-state index in [4.69, 9.17) is 0 Å². The first-order chi connectivity index (χ1) is 14.2. The Bertz CT molecular complexity index is 1200. The number of aromatic amines is 1. The minimum absolute atomic E-state index is 0.00525. The molecular weight excluding hydrogens is 384 g/mol. The molecule has 1 aliphatic heterocycles. The topological polar surface area (TPSA) is 79.0 Å². The third kappa shape index (κ3) is 3.13. The highest BCUT2D eigenvalue weighted by Gasteiger charge is 2.32. The first kappa shape index (κ1) is 17.8. The van der Waals surface area contributed by atoms with Crippen molar-refractivity contribution < 1.29 is 9.59 Å². The van der Waals surface area contributed by atoms with Crippen LogP contribution in [0.25, 0.3) is 10.9 Å². The maximum atomic E-state index is 13.1. The third-order valence-corrected chi connectivity index (χ3v) is 6.18. The van der Waals surface area contributed by atoms with Crippen LogP contribution in [-0.2, 0) is 0 Å². The van der Waals surface area contributed by atoms with Crippen molar-refractivity contribution in [3.05, 3.63) is 82.2 Å². The van der Waals surface area contributed by atoms with Gasteiger partial charge in [-0.05, 0) is 30.5 Å². The van der Waals surface area contributed by atoms with Crippen LogP contribution in [-0.4, -0.2) is 38.1 Å². The molecule has 1 saturated heterocycles. The van der Waals surface area contributed by atoms with Crippen molar-refractivity contribution in [2.45, 2.75) is 18.9 Å². The Morgan fingerprint density at radius 1 is 1.17 bits per heavy atom. The molecule has 0 bridgehead atoms. The molecule has 144 valence electrons. The van der Waals surface area contributed by atoms with Gasteiger partial charge in [-0.15, -0.1) is 11.3 Å². The summed E-state index contributed by atoms with van der Waals surface area (Å²) < 4.78 is 0. The molecule has 4 aromatic rings. The summed E-state index contributed by atoms with van der Waals surface area (Å²) in [5.74, 6) is -0.303. The normalized spacial score (nSPS) is 16.4. The average molecular weight is 402 g/mol. The van der Waals surface area contributed by atoms with Crippen molar-refractivity contribution in [1.29, 1.82) is 0 Å². The summed E-state index contributed by atoms with van der Waals surface area (Å²) in [6, 6.07) is 11.5. The zero-order chi connectivity index (χ0) is 19.8.